The Morgan fingerprint density at radius 3 is 2.52 bits per heavy atom. The molecule has 2 unspecified atom stereocenters. The van der Waals surface area contributed by atoms with Crippen molar-refractivity contribution >= 4 is 21.9 Å². The van der Waals surface area contributed by atoms with Crippen LogP contribution in [0.1, 0.15) is 35.6 Å². The van der Waals surface area contributed by atoms with Crippen molar-refractivity contribution in [1.82, 2.24) is 4.90 Å². The van der Waals surface area contributed by atoms with Gasteiger partial charge in [-0.3, -0.25) is 9.69 Å². The molecular weight excluding hydrogens is 454 g/mol. The van der Waals surface area contributed by atoms with Gasteiger partial charge in [0.05, 0.1) is 12.0 Å². The first-order valence-electron chi connectivity index (χ1n) is 10.6. The highest BCUT2D eigenvalue weighted by Gasteiger charge is 2.31. The van der Waals surface area contributed by atoms with E-state index < -0.39 is 5.97 Å². The molecule has 0 amide bonds. The lowest BCUT2D eigenvalue weighted by molar-refractivity contribution is -0.143. The first-order chi connectivity index (χ1) is 15.1. The fourth-order valence-corrected chi connectivity index (χ4v) is 4.67. The first-order valence-corrected chi connectivity index (χ1v) is 11.4. The minimum Gasteiger partial charge on any atom is -0.489 e. The number of rotatable bonds is 7. The van der Waals surface area contributed by atoms with Crippen LogP contribution in [0.2, 0.25) is 0 Å². The second-order valence-corrected chi connectivity index (χ2v) is 8.89. The van der Waals surface area contributed by atoms with Crippen LogP contribution in [-0.2, 0) is 11.4 Å². The third kappa shape index (κ3) is 5.54. The summed E-state index contributed by atoms with van der Waals surface area (Å²) < 4.78 is 7.08. The van der Waals surface area contributed by atoms with Gasteiger partial charge in [0.2, 0.25) is 0 Å². The van der Waals surface area contributed by atoms with Gasteiger partial charge < -0.3 is 9.84 Å². The quantitative estimate of drug-likeness (QED) is 0.457. The second kappa shape index (κ2) is 10.1. The van der Waals surface area contributed by atoms with Crippen LogP contribution in [0.15, 0.2) is 83.3 Å². The first kappa shape index (κ1) is 21.6. The predicted molar refractivity (Wildman–Crippen MR) is 125 cm³/mol. The summed E-state index contributed by atoms with van der Waals surface area (Å²) in [5.74, 6) is -0.230. The van der Waals surface area contributed by atoms with Crippen LogP contribution in [0.3, 0.4) is 0 Å². The number of benzene rings is 3. The lowest BCUT2D eigenvalue weighted by Gasteiger charge is -2.37. The number of carboxylic acids is 1. The molecule has 0 saturated carbocycles. The van der Waals surface area contributed by atoms with Crippen LogP contribution in [0.25, 0.3) is 0 Å². The van der Waals surface area contributed by atoms with Crippen molar-refractivity contribution in [2.75, 3.05) is 13.1 Å². The second-order valence-electron chi connectivity index (χ2n) is 7.98. The molecule has 1 fully saturated rings. The van der Waals surface area contributed by atoms with Gasteiger partial charge in [0, 0.05) is 11.0 Å². The van der Waals surface area contributed by atoms with Crippen molar-refractivity contribution in [2.24, 2.45) is 5.92 Å². The highest BCUT2D eigenvalue weighted by molar-refractivity contribution is 9.10. The fourth-order valence-electron chi connectivity index (χ4n) is 4.25. The minimum atomic E-state index is -0.711. The molecule has 0 spiro atoms. The van der Waals surface area contributed by atoms with E-state index >= 15 is 0 Å². The monoisotopic (exact) mass is 479 g/mol. The molecule has 3 aromatic rings. The number of nitrogens with zero attached hydrogens (tertiary/aromatic N) is 1. The smallest absolute Gasteiger partial charge is 0.307 e. The van der Waals surface area contributed by atoms with Crippen LogP contribution >= 0.6 is 15.9 Å². The highest BCUT2D eigenvalue weighted by Crippen LogP contribution is 2.35. The maximum atomic E-state index is 11.7. The van der Waals surface area contributed by atoms with Gasteiger partial charge >= 0.3 is 5.97 Å². The number of likely N-dealkylation sites (tertiary alicyclic amines) is 1. The van der Waals surface area contributed by atoms with E-state index in [0.717, 1.165) is 46.3 Å². The molecular formula is C26H26BrNO3. The fraction of sp³-hybridized carbons (Fsp3) is 0.269. The number of piperidine rings is 1. The van der Waals surface area contributed by atoms with Crippen molar-refractivity contribution in [2.45, 2.75) is 25.5 Å². The molecule has 0 radical (unpaired) electrons. The molecule has 0 bridgehead atoms. The Morgan fingerprint density at radius 1 is 1.03 bits per heavy atom. The third-order valence-corrected chi connectivity index (χ3v) is 6.25. The zero-order chi connectivity index (χ0) is 21.6. The lowest BCUT2D eigenvalue weighted by atomic mass is 9.91. The number of carboxylic acid groups (broad SMARTS) is 1. The van der Waals surface area contributed by atoms with E-state index in [4.69, 9.17) is 4.74 Å². The van der Waals surface area contributed by atoms with Crippen molar-refractivity contribution < 1.29 is 14.6 Å². The molecule has 1 N–H and O–H groups in total. The van der Waals surface area contributed by atoms with E-state index in [9.17, 15) is 9.90 Å². The summed E-state index contributed by atoms with van der Waals surface area (Å²) in [5, 5.41) is 9.59. The number of halogens is 1. The van der Waals surface area contributed by atoms with Crippen molar-refractivity contribution in [3.05, 3.63) is 100 Å². The summed E-state index contributed by atoms with van der Waals surface area (Å²) in [4.78, 5) is 14.0. The maximum Gasteiger partial charge on any atom is 0.307 e. The SMILES string of the molecule is O=C(O)C1CCCN(C(c2cccc(Br)c2)c2cccc(OCc3ccccc3)c2)C1. The molecule has 0 aromatic heterocycles. The normalized spacial score (nSPS) is 17.8. The minimum absolute atomic E-state index is 0.0278. The van der Waals surface area contributed by atoms with E-state index in [0.29, 0.717) is 13.2 Å². The van der Waals surface area contributed by atoms with Gasteiger partial charge in [-0.1, -0.05) is 70.5 Å². The van der Waals surface area contributed by atoms with Crippen molar-refractivity contribution in [1.29, 1.82) is 0 Å². The molecule has 1 heterocycles. The summed E-state index contributed by atoms with van der Waals surface area (Å²) in [6.45, 7) is 1.92. The van der Waals surface area contributed by atoms with Crippen molar-refractivity contribution in [3.63, 3.8) is 0 Å². The average molecular weight is 480 g/mol. The molecule has 3 aromatic carbocycles. The third-order valence-electron chi connectivity index (χ3n) is 5.75. The summed E-state index contributed by atoms with van der Waals surface area (Å²) in [6, 6.07) is 26.5. The van der Waals surface area contributed by atoms with E-state index in [1.54, 1.807) is 0 Å². The molecule has 160 valence electrons. The van der Waals surface area contributed by atoms with Gasteiger partial charge in [-0.2, -0.15) is 0 Å². The van der Waals surface area contributed by atoms with Crippen LogP contribution in [0.4, 0.5) is 0 Å². The van der Waals surface area contributed by atoms with E-state index in [2.05, 4.69) is 45.1 Å². The molecule has 2 atom stereocenters. The van der Waals surface area contributed by atoms with Gasteiger partial charge in [-0.15, -0.1) is 0 Å². The largest absolute Gasteiger partial charge is 0.489 e. The number of ether oxygens (including phenoxy) is 1. The van der Waals surface area contributed by atoms with Crippen molar-refractivity contribution in [3.8, 4) is 5.75 Å². The van der Waals surface area contributed by atoms with Gasteiger partial charge in [0.15, 0.2) is 0 Å². The standard InChI is InChI=1S/C26H26BrNO3/c27-23-12-4-9-20(15-23)25(28-14-6-11-22(17-28)26(29)30)21-10-5-13-24(16-21)31-18-19-7-2-1-3-8-19/h1-5,7-10,12-13,15-16,22,25H,6,11,14,17-18H2,(H,29,30). The molecule has 1 saturated heterocycles. The summed E-state index contributed by atoms with van der Waals surface area (Å²) in [6.07, 6.45) is 1.61. The molecule has 4 nitrogen and oxygen atoms in total. The average Bonchev–Trinajstić information content (AvgIpc) is 2.79. The summed E-state index contributed by atoms with van der Waals surface area (Å²) in [5.41, 5.74) is 3.37. The van der Waals surface area contributed by atoms with Gasteiger partial charge in [-0.05, 0) is 60.3 Å². The molecule has 31 heavy (non-hydrogen) atoms. The predicted octanol–water partition coefficient (Wildman–Crippen LogP) is 5.91. The van der Waals surface area contributed by atoms with Crippen LogP contribution in [0.5, 0.6) is 5.75 Å². The zero-order valence-corrected chi connectivity index (χ0v) is 18.9. The van der Waals surface area contributed by atoms with E-state index in [-0.39, 0.29) is 12.0 Å². The van der Waals surface area contributed by atoms with Crippen LogP contribution < -0.4 is 4.74 Å². The Morgan fingerprint density at radius 2 is 1.77 bits per heavy atom. The lowest BCUT2D eigenvalue weighted by Crippen LogP contribution is -2.41. The number of aliphatic carboxylic acids is 1. The molecule has 5 heteroatoms. The number of hydrogen-bond acceptors (Lipinski definition) is 3. The summed E-state index contributed by atoms with van der Waals surface area (Å²) >= 11 is 3.59. The van der Waals surface area contributed by atoms with Gasteiger partial charge in [-0.25, -0.2) is 0 Å². The molecule has 1 aliphatic heterocycles. The maximum absolute atomic E-state index is 11.7. The Labute approximate surface area is 191 Å². The topological polar surface area (TPSA) is 49.8 Å². The van der Waals surface area contributed by atoms with Gasteiger partial charge in [0.25, 0.3) is 0 Å². The Bertz CT molecular complexity index is 1020. The van der Waals surface area contributed by atoms with Gasteiger partial charge in [0.1, 0.15) is 12.4 Å². The van der Waals surface area contributed by atoms with E-state index in [1.165, 1.54) is 0 Å². The molecule has 1 aliphatic rings. The molecule has 0 aliphatic carbocycles. The number of hydrogen-bond donors (Lipinski definition) is 1. The number of carbonyl (C=O) groups is 1. The van der Waals surface area contributed by atoms with Crippen LogP contribution in [-0.4, -0.2) is 29.1 Å². The van der Waals surface area contributed by atoms with E-state index in [1.807, 2.05) is 54.6 Å². The highest BCUT2D eigenvalue weighted by atomic mass is 79.9. The summed E-state index contributed by atoms with van der Waals surface area (Å²) in [7, 11) is 0. The zero-order valence-electron chi connectivity index (χ0n) is 17.3. The Kier molecular flexibility index (Phi) is 7.05. The Hall–Kier alpha value is -2.63. The Balaban J connectivity index is 1.63. The molecule has 4 rings (SSSR count). The van der Waals surface area contributed by atoms with Crippen LogP contribution in [0, 0.1) is 5.92 Å².